The summed E-state index contributed by atoms with van der Waals surface area (Å²) in [4.78, 5) is 12.2. The number of hydrogen-bond donors (Lipinski definition) is 0. The normalized spacial score (nSPS) is 29.8. The van der Waals surface area contributed by atoms with Gasteiger partial charge in [-0.3, -0.25) is 0 Å². The molecule has 0 radical (unpaired) electrons. The van der Waals surface area contributed by atoms with Crippen LogP contribution < -0.4 is 0 Å². The van der Waals surface area contributed by atoms with E-state index in [4.69, 9.17) is 33.2 Å². The van der Waals surface area contributed by atoms with E-state index in [1.54, 1.807) is 12.1 Å². The van der Waals surface area contributed by atoms with E-state index in [0.29, 0.717) is 12.2 Å². The first-order chi connectivity index (χ1) is 24.7. The van der Waals surface area contributed by atoms with Gasteiger partial charge in [0.1, 0.15) is 0 Å². The van der Waals surface area contributed by atoms with Crippen molar-refractivity contribution in [3.63, 3.8) is 0 Å². The van der Waals surface area contributed by atoms with E-state index in [0.717, 1.165) is 123 Å². The average Bonchev–Trinajstić information content (AvgIpc) is 3.47. The fourth-order valence-corrected chi connectivity index (χ4v) is 7.62. The number of hydrogen-bond acceptors (Lipinski definition) is 8. The lowest BCUT2D eigenvalue weighted by Gasteiger charge is -2.30. The first-order valence-electron chi connectivity index (χ1n) is 20.1. The zero-order chi connectivity index (χ0) is 34.6. The number of carbonyl (C=O) groups excluding carboxylic acids is 1. The molecule has 8 nitrogen and oxygen atoms in total. The molecule has 5 rings (SSSR count). The van der Waals surface area contributed by atoms with Gasteiger partial charge < -0.3 is 33.2 Å². The molecule has 8 atom stereocenters. The van der Waals surface area contributed by atoms with E-state index in [1.165, 1.54) is 12.8 Å². The molecule has 1 aromatic rings. The zero-order valence-corrected chi connectivity index (χ0v) is 30.6. The Balaban J connectivity index is 1.23. The Hall–Kier alpha value is -2.07. The van der Waals surface area contributed by atoms with Gasteiger partial charge in [0.15, 0.2) is 18.9 Å². The molecule has 0 amide bonds. The second-order valence-corrected chi connectivity index (χ2v) is 14.5. The van der Waals surface area contributed by atoms with Gasteiger partial charge >= 0.3 is 5.97 Å². The molecule has 3 aliphatic heterocycles. The zero-order valence-electron chi connectivity index (χ0n) is 30.6. The maximum absolute atomic E-state index is 12.2. The minimum atomic E-state index is -0.255. The summed E-state index contributed by atoms with van der Waals surface area (Å²) >= 11 is 0. The van der Waals surface area contributed by atoms with Gasteiger partial charge in [0.2, 0.25) is 0 Å². The fourth-order valence-electron chi connectivity index (χ4n) is 7.62. The molecule has 4 aliphatic rings. The molecular weight excluding hydrogens is 632 g/mol. The van der Waals surface area contributed by atoms with Crippen molar-refractivity contribution >= 4 is 5.97 Å². The molecule has 0 N–H and O–H groups in total. The third kappa shape index (κ3) is 13.5. The molecule has 1 saturated carbocycles. The lowest BCUT2D eigenvalue weighted by Crippen LogP contribution is -2.31. The number of rotatable bonds is 20. The summed E-state index contributed by atoms with van der Waals surface area (Å²) in [7, 11) is 0. The minimum Gasteiger partial charge on any atom is -0.462 e. The lowest BCUT2D eigenvalue weighted by molar-refractivity contribution is -0.203. The van der Waals surface area contributed by atoms with Crippen LogP contribution in [0.5, 0.6) is 0 Å². The average molecular weight is 697 g/mol. The highest BCUT2D eigenvalue weighted by Gasteiger charge is 2.45. The van der Waals surface area contributed by atoms with Crippen molar-refractivity contribution in [3.8, 4) is 0 Å². The van der Waals surface area contributed by atoms with Gasteiger partial charge in [-0.15, -0.1) is 0 Å². The summed E-state index contributed by atoms with van der Waals surface area (Å²) in [5, 5.41) is 0. The van der Waals surface area contributed by atoms with E-state index in [9.17, 15) is 4.79 Å². The third-order valence-electron chi connectivity index (χ3n) is 10.5. The summed E-state index contributed by atoms with van der Waals surface area (Å²) in [5.41, 5.74) is 0.599. The highest BCUT2D eigenvalue weighted by Crippen LogP contribution is 2.42. The Kier molecular flexibility index (Phi) is 17.8. The van der Waals surface area contributed by atoms with Gasteiger partial charge in [-0.1, -0.05) is 68.7 Å². The van der Waals surface area contributed by atoms with Crippen LogP contribution in [-0.2, 0) is 33.2 Å². The predicted molar refractivity (Wildman–Crippen MR) is 195 cm³/mol. The molecule has 0 aromatic heterocycles. The molecule has 3 heterocycles. The van der Waals surface area contributed by atoms with Gasteiger partial charge in [-0.25, -0.2) is 4.79 Å². The molecular formula is C42H64O8. The van der Waals surface area contributed by atoms with Crippen LogP contribution in [0.3, 0.4) is 0 Å². The van der Waals surface area contributed by atoms with Crippen LogP contribution in [0.4, 0.5) is 0 Å². The Morgan fingerprint density at radius 3 is 2.14 bits per heavy atom. The van der Waals surface area contributed by atoms with Gasteiger partial charge in [0, 0.05) is 32.2 Å². The van der Waals surface area contributed by atoms with Crippen molar-refractivity contribution in [3.05, 3.63) is 60.2 Å². The van der Waals surface area contributed by atoms with E-state index in [-0.39, 0.29) is 55.0 Å². The molecule has 3 unspecified atom stereocenters. The number of esters is 1. The Labute approximate surface area is 301 Å². The number of unbranched alkanes of at least 4 members (excludes halogenated alkanes) is 4. The van der Waals surface area contributed by atoms with Crippen LogP contribution in [0.2, 0.25) is 0 Å². The predicted octanol–water partition coefficient (Wildman–Crippen LogP) is 9.47. The van der Waals surface area contributed by atoms with Crippen LogP contribution >= 0.6 is 0 Å². The van der Waals surface area contributed by atoms with E-state index < -0.39 is 0 Å². The van der Waals surface area contributed by atoms with Crippen molar-refractivity contribution in [2.24, 2.45) is 11.8 Å². The first kappa shape index (κ1) is 39.1. The molecule has 50 heavy (non-hydrogen) atoms. The lowest BCUT2D eigenvalue weighted by atomic mass is 9.89. The van der Waals surface area contributed by atoms with Gasteiger partial charge in [0.05, 0.1) is 30.5 Å². The smallest absolute Gasteiger partial charge is 0.338 e. The molecule has 1 aromatic carbocycles. The monoisotopic (exact) mass is 696 g/mol. The molecule has 8 heteroatoms. The molecule has 0 bridgehead atoms. The summed E-state index contributed by atoms with van der Waals surface area (Å²) in [5.74, 6) is 0.158. The molecule has 280 valence electrons. The summed E-state index contributed by atoms with van der Waals surface area (Å²) in [6.45, 7) is 5.00. The SMILES string of the molecule is CCCCC[C@@H](/C=C/[C@@H]1[C@@H](C/C=C\CCCCOC(=O)c2ccccc2)[C@@H](OC2CCCCO2)C[C@H]1OC1CCCCO1)OC1CCCCO1. The molecule has 0 spiro atoms. The second kappa shape index (κ2) is 22.8. The summed E-state index contributed by atoms with van der Waals surface area (Å²) < 4.78 is 43.8. The number of carbonyl (C=O) groups is 1. The second-order valence-electron chi connectivity index (χ2n) is 14.5. The van der Waals surface area contributed by atoms with Gasteiger partial charge in [0.25, 0.3) is 0 Å². The van der Waals surface area contributed by atoms with Gasteiger partial charge in [-0.2, -0.15) is 0 Å². The van der Waals surface area contributed by atoms with Crippen molar-refractivity contribution in [1.29, 1.82) is 0 Å². The fraction of sp³-hybridized carbons (Fsp3) is 0.738. The Bertz CT molecular complexity index is 1110. The highest BCUT2D eigenvalue weighted by molar-refractivity contribution is 5.89. The van der Waals surface area contributed by atoms with E-state index >= 15 is 0 Å². The van der Waals surface area contributed by atoms with Crippen molar-refractivity contribution in [2.45, 2.75) is 160 Å². The third-order valence-corrected chi connectivity index (χ3v) is 10.5. The number of allylic oxidation sites excluding steroid dienone is 2. The molecule has 4 fully saturated rings. The maximum atomic E-state index is 12.2. The van der Waals surface area contributed by atoms with Crippen LogP contribution in [0.25, 0.3) is 0 Å². The maximum Gasteiger partial charge on any atom is 0.338 e. The van der Waals surface area contributed by atoms with Crippen molar-refractivity contribution in [1.82, 2.24) is 0 Å². The van der Waals surface area contributed by atoms with Crippen LogP contribution in [0.1, 0.15) is 133 Å². The number of ether oxygens (including phenoxy) is 7. The number of benzene rings is 1. The summed E-state index contributed by atoms with van der Waals surface area (Å²) in [6.07, 6.45) is 27.5. The van der Waals surface area contributed by atoms with Crippen LogP contribution in [0, 0.1) is 11.8 Å². The minimum absolute atomic E-state index is 0.00265. The highest BCUT2D eigenvalue weighted by atomic mass is 16.7. The molecule has 3 saturated heterocycles. The largest absolute Gasteiger partial charge is 0.462 e. The first-order valence-corrected chi connectivity index (χ1v) is 20.1. The van der Waals surface area contributed by atoms with Crippen LogP contribution in [0.15, 0.2) is 54.6 Å². The molecule has 1 aliphatic carbocycles. The van der Waals surface area contributed by atoms with Crippen molar-refractivity contribution < 1.29 is 38.0 Å². The van der Waals surface area contributed by atoms with E-state index in [2.05, 4.69) is 31.2 Å². The summed E-state index contributed by atoms with van der Waals surface area (Å²) in [6, 6.07) is 9.19. The van der Waals surface area contributed by atoms with Crippen molar-refractivity contribution in [2.75, 3.05) is 26.4 Å². The van der Waals surface area contributed by atoms with Gasteiger partial charge in [-0.05, 0) is 108 Å². The Morgan fingerprint density at radius 2 is 1.48 bits per heavy atom. The standard InChI is InChI=1S/C42H64O8/c1-2-3-8-21-34(48-39-23-12-16-28-44-39)26-27-36-35(22-11-5-4-6-15-31-47-42(43)33-19-9-7-10-20-33)37(49-40-24-13-17-29-45-40)32-38(36)50-41-25-14-18-30-46-41/h5,7,9-11,19-20,26-27,34-41H,2-4,6,8,12-18,21-25,28-32H2,1H3/b11-5-,27-26+/t34-,35+,36+,37-,38+,39?,40?,41?/m0/s1. The van der Waals surface area contributed by atoms with Crippen LogP contribution in [-0.4, -0.2) is 69.6 Å². The topological polar surface area (TPSA) is 81.7 Å². The Morgan fingerprint density at radius 1 is 0.800 bits per heavy atom. The van der Waals surface area contributed by atoms with E-state index in [1.807, 2.05) is 18.2 Å². The quantitative estimate of drug-likeness (QED) is 0.0758.